The van der Waals surface area contributed by atoms with E-state index in [2.05, 4.69) is 10.3 Å². The lowest BCUT2D eigenvalue weighted by atomic mass is 10.1. The first-order valence-corrected chi connectivity index (χ1v) is 5.77. The number of nitrogens with zero attached hydrogens (tertiary/aromatic N) is 1. The van der Waals surface area contributed by atoms with Gasteiger partial charge < -0.3 is 16.2 Å². The lowest BCUT2D eigenvalue weighted by Crippen LogP contribution is -2.23. The average Bonchev–Trinajstić information content (AvgIpc) is 2.38. The van der Waals surface area contributed by atoms with Crippen molar-refractivity contribution in [2.45, 2.75) is 19.4 Å². The fourth-order valence-corrected chi connectivity index (χ4v) is 1.80. The van der Waals surface area contributed by atoms with Crippen LogP contribution in [0, 0.1) is 0 Å². The highest BCUT2D eigenvalue weighted by atomic mass is 16.3. The molecule has 0 bridgehead atoms. The molecule has 0 radical (unpaired) electrons. The molecule has 0 unspecified atom stereocenters. The van der Waals surface area contributed by atoms with E-state index in [4.69, 9.17) is 5.73 Å². The molecule has 1 aromatic heterocycles. The molecule has 2 rings (SSSR count). The van der Waals surface area contributed by atoms with Crippen LogP contribution in [0.25, 0.3) is 10.9 Å². The maximum atomic E-state index is 9.23. The molecule has 1 atom stereocenters. The van der Waals surface area contributed by atoms with E-state index >= 15 is 0 Å². The number of fused-ring (bicyclic) bond motifs is 1. The number of aliphatic hydroxyl groups excluding tert-OH is 1. The molecule has 90 valence electrons. The van der Waals surface area contributed by atoms with Gasteiger partial charge in [-0.3, -0.25) is 4.98 Å². The molecule has 1 aromatic carbocycles. The molecule has 0 aliphatic carbocycles. The molecule has 4 heteroatoms. The van der Waals surface area contributed by atoms with Crippen LogP contribution >= 0.6 is 0 Å². The molecule has 0 fully saturated rings. The SMILES string of the molecule is CC[C@H](CO)Nc1c(N)cnc2ccccc12. The van der Waals surface area contributed by atoms with E-state index in [-0.39, 0.29) is 12.6 Å². The van der Waals surface area contributed by atoms with E-state index in [9.17, 15) is 5.11 Å². The van der Waals surface area contributed by atoms with Crippen LogP contribution in [0.1, 0.15) is 13.3 Å². The average molecular weight is 231 g/mol. The summed E-state index contributed by atoms with van der Waals surface area (Å²) in [6.07, 6.45) is 2.49. The zero-order valence-corrected chi connectivity index (χ0v) is 9.85. The van der Waals surface area contributed by atoms with Gasteiger partial charge in [-0.15, -0.1) is 0 Å². The monoisotopic (exact) mass is 231 g/mol. The summed E-state index contributed by atoms with van der Waals surface area (Å²) < 4.78 is 0. The molecular weight excluding hydrogens is 214 g/mol. The summed E-state index contributed by atoms with van der Waals surface area (Å²) in [6.45, 7) is 2.11. The molecule has 2 aromatic rings. The number of aromatic nitrogens is 1. The van der Waals surface area contributed by atoms with E-state index in [0.29, 0.717) is 5.69 Å². The fourth-order valence-electron chi connectivity index (χ4n) is 1.80. The van der Waals surface area contributed by atoms with Crippen molar-refractivity contribution in [2.75, 3.05) is 17.7 Å². The van der Waals surface area contributed by atoms with E-state index < -0.39 is 0 Å². The summed E-state index contributed by atoms with van der Waals surface area (Å²) in [5.74, 6) is 0. The second-order valence-corrected chi connectivity index (χ2v) is 4.04. The first-order valence-electron chi connectivity index (χ1n) is 5.77. The standard InChI is InChI=1S/C13H17N3O/c1-2-9(8-17)16-13-10-5-3-4-6-12(10)15-7-11(13)14/h3-7,9,17H,2,8,14H2,1H3,(H,15,16)/t9-/m1/s1. The Bertz CT molecular complexity index is 509. The number of pyridine rings is 1. The number of aliphatic hydroxyl groups is 1. The van der Waals surface area contributed by atoms with E-state index in [0.717, 1.165) is 23.0 Å². The quantitative estimate of drug-likeness (QED) is 0.752. The smallest absolute Gasteiger partial charge is 0.0743 e. The van der Waals surface area contributed by atoms with Gasteiger partial charge in [-0.05, 0) is 12.5 Å². The summed E-state index contributed by atoms with van der Waals surface area (Å²) in [5, 5.41) is 13.5. The van der Waals surface area contributed by atoms with Crippen molar-refractivity contribution >= 4 is 22.3 Å². The second-order valence-electron chi connectivity index (χ2n) is 4.04. The Balaban J connectivity index is 2.47. The Morgan fingerprint density at radius 2 is 2.18 bits per heavy atom. The number of hydrogen-bond donors (Lipinski definition) is 3. The van der Waals surface area contributed by atoms with Crippen molar-refractivity contribution in [3.8, 4) is 0 Å². The molecular formula is C13H17N3O. The minimum atomic E-state index is 0.0168. The van der Waals surface area contributed by atoms with Gasteiger partial charge in [0.05, 0.1) is 29.7 Å². The zero-order chi connectivity index (χ0) is 12.3. The molecule has 0 aliphatic rings. The summed E-state index contributed by atoms with van der Waals surface area (Å²) in [6, 6.07) is 7.83. The third-order valence-corrected chi connectivity index (χ3v) is 2.87. The van der Waals surface area contributed by atoms with Gasteiger partial charge in [0.2, 0.25) is 0 Å². The Hall–Kier alpha value is -1.81. The van der Waals surface area contributed by atoms with Crippen molar-refractivity contribution in [3.05, 3.63) is 30.5 Å². The summed E-state index contributed by atoms with van der Waals surface area (Å²) >= 11 is 0. The van der Waals surface area contributed by atoms with Crippen molar-refractivity contribution in [3.63, 3.8) is 0 Å². The highest BCUT2D eigenvalue weighted by Crippen LogP contribution is 2.28. The molecule has 0 amide bonds. The summed E-state index contributed by atoms with van der Waals surface area (Å²) in [4.78, 5) is 4.27. The van der Waals surface area contributed by atoms with Crippen LogP contribution in [0.4, 0.5) is 11.4 Å². The van der Waals surface area contributed by atoms with Crippen LogP contribution in [0.15, 0.2) is 30.5 Å². The number of nitrogens with two attached hydrogens (primary N) is 1. The minimum absolute atomic E-state index is 0.0168. The van der Waals surface area contributed by atoms with E-state index in [1.807, 2.05) is 31.2 Å². The number of para-hydroxylation sites is 1. The van der Waals surface area contributed by atoms with Crippen LogP contribution in [-0.2, 0) is 0 Å². The number of benzene rings is 1. The third kappa shape index (κ3) is 2.31. The van der Waals surface area contributed by atoms with Crippen molar-refractivity contribution < 1.29 is 5.11 Å². The molecule has 4 nitrogen and oxygen atoms in total. The van der Waals surface area contributed by atoms with E-state index in [1.54, 1.807) is 6.20 Å². The Kier molecular flexibility index (Phi) is 3.44. The summed E-state index contributed by atoms with van der Waals surface area (Å²) in [5.41, 5.74) is 8.30. The van der Waals surface area contributed by atoms with Crippen molar-refractivity contribution in [1.29, 1.82) is 0 Å². The number of rotatable bonds is 4. The van der Waals surface area contributed by atoms with Crippen molar-refractivity contribution in [2.24, 2.45) is 0 Å². The Morgan fingerprint density at radius 1 is 1.41 bits per heavy atom. The first kappa shape index (κ1) is 11.7. The zero-order valence-electron chi connectivity index (χ0n) is 9.85. The van der Waals surface area contributed by atoms with Gasteiger partial charge in [-0.1, -0.05) is 25.1 Å². The Morgan fingerprint density at radius 3 is 2.88 bits per heavy atom. The molecule has 0 aliphatic heterocycles. The fraction of sp³-hybridized carbons (Fsp3) is 0.308. The third-order valence-electron chi connectivity index (χ3n) is 2.87. The molecule has 0 spiro atoms. The predicted molar refractivity (Wildman–Crippen MR) is 70.9 cm³/mol. The highest BCUT2D eigenvalue weighted by molar-refractivity contribution is 5.96. The van der Waals surface area contributed by atoms with Crippen LogP contribution in [0.5, 0.6) is 0 Å². The van der Waals surface area contributed by atoms with Crippen LogP contribution in [0.3, 0.4) is 0 Å². The normalized spacial score (nSPS) is 12.6. The van der Waals surface area contributed by atoms with Crippen molar-refractivity contribution in [1.82, 2.24) is 4.98 Å². The maximum Gasteiger partial charge on any atom is 0.0743 e. The molecule has 1 heterocycles. The minimum Gasteiger partial charge on any atom is -0.396 e. The number of anilines is 2. The first-order chi connectivity index (χ1) is 8.26. The molecule has 17 heavy (non-hydrogen) atoms. The van der Waals surface area contributed by atoms with Gasteiger partial charge in [0.1, 0.15) is 0 Å². The number of nitrogen functional groups attached to an aromatic ring is 1. The van der Waals surface area contributed by atoms with Crippen LogP contribution < -0.4 is 11.1 Å². The topological polar surface area (TPSA) is 71.2 Å². The highest BCUT2D eigenvalue weighted by Gasteiger charge is 2.10. The number of hydrogen-bond acceptors (Lipinski definition) is 4. The van der Waals surface area contributed by atoms with E-state index in [1.165, 1.54) is 0 Å². The molecule has 0 saturated carbocycles. The van der Waals surface area contributed by atoms with Gasteiger partial charge in [-0.2, -0.15) is 0 Å². The lowest BCUT2D eigenvalue weighted by Gasteiger charge is -2.18. The Labute approximate surface area is 100 Å². The maximum absolute atomic E-state index is 9.23. The molecule has 0 saturated heterocycles. The van der Waals surface area contributed by atoms with Gasteiger partial charge in [0, 0.05) is 11.4 Å². The van der Waals surface area contributed by atoms with Gasteiger partial charge in [-0.25, -0.2) is 0 Å². The summed E-state index contributed by atoms with van der Waals surface area (Å²) in [7, 11) is 0. The lowest BCUT2D eigenvalue weighted by molar-refractivity contribution is 0.272. The number of nitrogens with one attached hydrogen (secondary N) is 1. The van der Waals surface area contributed by atoms with Crippen LogP contribution in [-0.4, -0.2) is 22.7 Å². The molecule has 4 N–H and O–H groups in total. The van der Waals surface area contributed by atoms with Gasteiger partial charge in [0.25, 0.3) is 0 Å². The predicted octanol–water partition coefficient (Wildman–Crippen LogP) is 2.00. The van der Waals surface area contributed by atoms with Gasteiger partial charge >= 0.3 is 0 Å². The van der Waals surface area contributed by atoms with Crippen LogP contribution in [0.2, 0.25) is 0 Å². The van der Waals surface area contributed by atoms with Gasteiger partial charge in [0.15, 0.2) is 0 Å². The second kappa shape index (κ2) is 5.01. The largest absolute Gasteiger partial charge is 0.396 e.